The molecule has 0 aromatic carbocycles. The highest BCUT2D eigenvalue weighted by Crippen LogP contribution is 2.16. The maximum absolute atomic E-state index is 12.2. The molecule has 2 atom stereocenters. The second kappa shape index (κ2) is 7.00. The molecule has 0 radical (unpaired) electrons. The van der Waals surface area contributed by atoms with Crippen molar-refractivity contribution in [2.45, 2.75) is 57.7 Å². The van der Waals surface area contributed by atoms with Crippen molar-refractivity contribution < 1.29 is 9.53 Å². The van der Waals surface area contributed by atoms with Gasteiger partial charge in [0.2, 0.25) is 5.91 Å². The fourth-order valence-electron chi connectivity index (χ4n) is 1.86. The molecule has 1 aliphatic rings. The van der Waals surface area contributed by atoms with Crippen LogP contribution in [-0.2, 0) is 9.53 Å². The first-order valence-electron chi connectivity index (χ1n) is 6.90. The summed E-state index contributed by atoms with van der Waals surface area (Å²) in [6.45, 7) is 11.2. The molecule has 19 heavy (non-hydrogen) atoms. The van der Waals surface area contributed by atoms with Crippen LogP contribution < -0.4 is 5.32 Å². The summed E-state index contributed by atoms with van der Waals surface area (Å²) in [5.74, 6) is 0.00313. The Morgan fingerprint density at radius 2 is 2.11 bits per heavy atom. The summed E-state index contributed by atoms with van der Waals surface area (Å²) < 4.78 is 5.82. The number of ether oxygens (including phenoxy) is 1. The highest BCUT2D eigenvalue weighted by Gasteiger charge is 2.27. The van der Waals surface area contributed by atoms with E-state index in [9.17, 15) is 4.79 Å². The van der Waals surface area contributed by atoms with E-state index in [0.29, 0.717) is 6.61 Å². The van der Waals surface area contributed by atoms with Crippen LogP contribution in [0.5, 0.6) is 0 Å². The van der Waals surface area contributed by atoms with Crippen molar-refractivity contribution in [2.75, 3.05) is 6.61 Å². The number of carbonyl (C=O) groups excluding carboxylic acids is 1. The number of rotatable bonds is 7. The van der Waals surface area contributed by atoms with Gasteiger partial charge in [-0.2, -0.15) is 0 Å². The van der Waals surface area contributed by atoms with Crippen molar-refractivity contribution in [1.29, 1.82) is 0 Å². The third-order valence-corrected chi connectivity index (χ3v) is 4.28. The van der Waals surface area contributed by atoms with Crippen LogP contribution in [0.3, 0.4) is 0 Å². The molecule has 5 heteroatoms. The van der Waals surface area contributed by atoms with E-state index in [1.165, 1.54) is 0 Å². The van der Waals surface area contributed by atoms with E-state index < -0.39 is 8.07 Å². The minimum absolute atomic E-state index is 0.00313. The molecule has 1 N–H and O–H groups in total. The molecule has 1 aliphatic heterocycles. The molecule has 0 aliphatic carbocycles. The van der Waals surface area contributed by atoms with E-state index in [1.54, 1.807) is 6.21 Å². The number of amides is 1. The van der Waals surface area contributed by atoms with E-state index in [2.05, 4.69) is 30.0 Å². The maximum atomic E-state index is 12.2. The van der Waals surface area contributed by atoms with Gasteiger partial charge in [-0.1, -0.05) is 25.7 Å². The molecule has 1 heterocycles. The summed E-state index contributed by atoms with van der Waals surface area (Å²) in [5, 5.41) is 2.94. The molecular formula is C14H26N2O2Si. The van der Waals surface area contributed by atoms with E-state index in [4.69, 9.17) is 4.74 Å². The Kier molecular flexibility index (Phi) is 5.94. The molecule has 0 fully saturated rings. The zero-order valence-corrected chi connectivity index (χ0v) is 13.6. The van der Waals surface area contributed by atoms with Crippen molar-refractivity contribution in [3.8, 4) is 0 Å². The van der Waals surface area contributed by atoms with Crippen LogP contribution in [-0.4, -0.2) is 45.0 Å². The summed E-state index contributed by atoms with van der Waals surface area (Å²) in [5.41, 5.74) is 0. The highest BCUT2D eigenvalue weighted by molar-refractivity contribution is 6.76. The number of carbonyl (C=O) groups is 1. The van der Waals surface area contributed by atoms with Gasteiger partial charge in [-0.3, -0.25) is 9.79 Å². The minimum Gasteiger partial charge on any atom is -0.366 e. The third-order valence-electron chi connectivity index (χ3n) is 2.69. The topological polar surface area (TPSA) is 50.7 Å². The number of hydrogen-bond acceptors (Lipinski definition) is 3. The van der Waals surface area contributed by atoms with Gasteiger partial charge in [-0.25, -0.2) is 0 Å². The average molecular weight is 282 g/mol. The van der Waals surface area contributed by atoms with Gasteiger partial charge in [0.15, 0.2) is 0 Å². The van der Waals surface area contributed by atoms with Crippen LogP contribution in [0.15, 0.2) is 17.1 Å². The Morgan fingerprint density at radius 1 is 1.42 bits per heavy atom. The minimum atomic E-state index is -1.35. The van der Waals surface area contributed by atoms with E-state index >= 15 is 0 Å². The molecule has 1 rings (SSSR count). The Bertz CT molecular complexity index is 347. The summed E-state index contributed by atoms with van der Waals surface area (Å²) >= 11 is 0. The largest absolute Gasteiger partial charge is 0.366 e. The second-order valence-electron chi connectivity index (χ2n) is 6.50. The lowest BCUT2D eigenvalue weighted by Crippen LogP contribution is -2.44. The summed E-state index contributed by atoms with van der Waals surface area (Å²) in [4.78, 5) is 16.4. The van der Waals surface area contributed by atoms with Gasteiger partial charge in [-0.15, -0.1) is 0 Å². The monoisotopic (exact) mass is 282 g/mol. The highest BCUT2D eigenvalue weighted by atomic mass is 28.3. The van der Waals surface area contributed by atoms with E-state index in [-0.39, 0.29) is 24.1 Å². The fourth-order valence-corrected chi connectivity index (χ4v) is 3.28. The Morgan fingerprint density at radius 3 is 2.58 bits per heavy atom. The lowest BCUT2D eigenvalue weighted by Gasteiger charge is -2.25. The summed E-state index contributed by atoms with van der Waals surface area (Å²) in [6.07, 6.45) is 5.33. The predicted molar refractivity (Wildman–Crippen MR) is 82.6 cm³/mol. The van der Waals surface area contributed by atoms with Crippen molar-refractivity contribution >= 4 is 20.2 Å². The molecule has 108 valence electrons. The van der Waals surface area contributed by atoms with Gasteiger partial charge in [0.05, 0.1) is 12.6 Å². The molecule has 0 saturated carbocycles. The molecular weight excluding hydrogens is 256 g/mol. The van der Waals surface area contributed by atoms with E-state index in [0.717, 1.165) is 6.04 Å². The van der Waals surface area contributed by atoms with Crippen molar-refractivity contribution in [2.24, 2.45) is 4.99 Å². The number of hydrogen-bond donors (Lipinski definition) is 1. The van der Waals surface area contributed by atoms with Gasteiger partial charge in [-0.05, 0) is 26.0 Å². The molecule has 4 nitrogen and oxygen atoms in total. The summed E-state index contributed by atoms with van der Waals surface area (Å²) in [6, 6.07) is 1.05. The van der Waals surface area contributed by atoms with Gasteiger partial charge < -0.3 is 10.1 Å². The molecule has 1 amide bonds. The van der Waals surface area contributed by atoms with E-state index in [1.807, 2.05) is 26.0 Å². The zero-order valence-electron chi connectivity index (χ0n) is 12.6. The first-order chi connectivity index (χ1) is 8.78. The first kappa shape index (κ1) is 16.1. The SMILES string of the molecule is CC(C)NC(=O)C(C[Si](C)(C)C)OCC1C=CC=N1. The standard InChI is InChI=1S/C14H26N2O2Si/c1-11(2)16-14(17)13(10-19(3,4)5)18-9-12-7-6-8-15-12/h6-8,11-13H,9-10H2,1-5H3,(H,16,17). The maximum Gasteiger partial charge on any atom is 0.249 e. The van der Waals surface area contributed by atoms with Crippen LogP contribution in [0, 0.1) is 0 Å². The normalized spacial score (nSPS) is 20.0. The molecule has 2 unspecified atom stereocenters. The van der Waals surface area contributed by atoms with Crippen molar-refractivity contribution in [1.82, 2.24) is 5.32 Å². The van der Waals surface area contributed by atoms with Crippen LogP contribution in [0.4, 0.5) is 0 Å². The van der Waals surface area contributed by atoms with Gasteiger partial charge in [0, 0.05) is 20.3 Å². The number of allylic oxidation sites excluding steroid dienone is 1. The first-order valence-corrected chi connectivity index (χ1v) is 10.6. The Labute approximate surface area is 117 Å². The van der Waals surface area contributed by atoms with Crippen molar-refractivity contribution in [3.05, 3.63) is 12.2 Å². The Balaban J connectivity index is 2.55. The number of aliphatic imine (C=N–C) groups is 1. The van der Waals surface area contributed by atoms with Gasteiger partial charge >= 0.3 is 0 Å². The van der Waals surface area contributed by atoms with Gasteiger partial charge in [0.1, 0.15) is 6.10 Å². The number of nitrogens with zero attached hydrogens (tertiary/aromatic N) is 1. The van der Waals surface area contributed by atoms with Crippen LogP contribution in [0.25, 0.3) is 0 Å². The predicted octanol–water partition coefficient (Wildman–Crippen LogP) is 2.24. The molecule has 0 aromatic rings. The fraction of sp³-hybridized carbons (Fsp3) is 0.714. The van der Waals surface area contributed by atoms with Crippen LogP contribution in [0.2, 0.25) is 25.7 Å². The van der Waals surface area contributed by atoms with Crippen LogP contribution in [0.1, 0.15) is 13.8 Å². The lowest BCUT2D eigenvalue weighted by atomic mass is 10.3. The smallest absolute Gasteiger partial charge is 0.249 e. The lowest BCUT2D eigenvalue weighted by molar-refractivity contribution is -0.132. The van der Waals surface area contributed by atoms with Crippen molar-refractivity contribution in [3.63, 3.8) is 0 Å². The molecule has 0 spiro atoms. The van der Waals surface area contributed by atoms with Crippen LogP contribution >= 0.6 is 0 Å². The Hall–Kier alpha value is -0.943. The molecule has 0 aromatic heterocycles. The third kappa shape index (κ3) is 6.68. The van der Waals surface area contributed by atoms with Gasteiger partial charge in [0.25, 0.3) is 0 Å². The second-order valence-corrected chi connectivity index (χ2v) is 12.0. The average Bonchev–Trinajstić information content (AvgIpc) is 2.74. The summed E-state index contributed by atoms with van der Waals surface area (Å²) in [7, 11) is -1.35. The quantitative estimate of drug-likeness (QED) is 0.728. The zero-order chi connectivity index (χ0) is 14.5. The molecule has 0 bridgehead atoms. The molecule has 0 saturated heterocycles. The number of nitrogens with one attached hydrogen (secondary N) is 1.